The van der Waals surface area contributed by atoms with E-state index in [4.69, 9.17) is 0 Å². The SMILES string of the molecule is Cc1cc(C)cc(C(=O)Nc2ccnc(C)n2)c1. The lowest BCUT2D eigenvalue weighted by atomic mass is 10.1. The summed E-state index contributed by atoms with van der Waals surface area (Å²) >= 11 is 0. The van der Waals surface area contributed by atoms with Crippen molar-refractivity contribution in [2.75, 3.05) is 5.32 Å². The molecule has 0 aliphatic heterocycles. The van der Waals surface area contributed by atoms with Crippen LogP contribution in [-0.2, 0) is 0 Å². The second-order valence-electron chi connectivity index (χ2n) is 4.32. The lowest BCUT2D eigenvalue weighted by molar-refractivity contribution is 0.102. The summed E-state index contributed by atoms with van der Waals surface area (Å²) in [7, 11) is 0. The van der Waals surface area contributed by atoms with Crippen molar-refractivity contribution >= 4 is 11.7 Å². The minimum absolute atomic E-state index is 0.153. The summed E-state index contributed by atoms with van der Waals surface area (Å²) in [6.07, 6.45) is 1.62. The maximum atomic E-state index is 12.1. The summed E-state index contributed by atoms with van der Waals surface area (Å²) in [6, 6.07) is 7.42. The van der Waals surface area contributed by atoms with E-state index < -0.39 is 0 Å². The molecule has 1 N–H and O–H groups in total. The van der Waals surface area contributed by atoms with E-state index in [1.165, 1.54) is 0 Å². The highest BCUT2D eigenvalue weighted by Crippen LogP contribution is 2.11. The van der Waals surface area contributed by atoms with Crippen molar-refractivity contribution in [1.29, 1.82) is 0 Å². The third-order valence-electron chi connectivity index (χ3n) is 2.50. The standard InChI is InChI=1S/C14H15N3O/c1-9-6-10(2)8-12(7-9)14(18)17-13-4-5-15-11(3)16-13/h4-8H,1-3H3,(H,15,16,17,18). The number of anilines is 1. The first-order chi connectivity index (χ1) is 8.54. The lowest BCUT2D eigenvalue weighted by Gasteiger charge is -2.06. The molecule has 1 aromatic carbocycles. The first-order valence-electron chi connectivity index (χ1n) is 5.74. The molecule has 1 aromatic heterocycles. The minimum atomic E-state index is -0.153. The van der Waals surface area contributed by atoms with Gasteiger partial charge < -0.3 is 5.32 Å². The van der Waals surface area contributed by atoms with Gasteiger partial charge in [-0.2, -0.15) is 0 Å². The van der Waals surface area contributed by atoms with Crippen molar-refractivity contribution in [2.24, 2.45) is 0 Å². The number of rotatable bonds is 2. The first kappa shape index (κ1) is 12.2. The molecule has 0 saturated heterocycles. The molecule has 0 unspecified atom stereocenters. The summed E-state index contributed by atoms with van der Waals surface area (Å²) < 4.78 is 0. The summed E-state index contributed by atoms with van der Waals surface area (Å²) in [4.78, 5) is 20.2. The molecule has 1 amide bonds. The zero-order valence-corrected chi connectivity index (χ0v) is 10.7. The Labute approximate surface area is 106 Å². The highest BCUT2D eigenvalue weighted by Gasteiger charge is 2.08. The van der Waals surface area contributed by atoms with Crippen molar-refractivity contribution in [2.45, 2.75) is 20.8 Å². The van der Waals surface area contributed by atoms with Crippen molar-refractivity contribution < 1.29 is 4.79 Å². The van der Waals surface area contributed by atoms with Crippen LogP contribution in [0, 0.1) is 20.8 Å². The Morgan fingerprint density at radius 2 is 1.78 bits per heavy atom. The third-order valence-corrected chi connectivity index (χ3v) is 2.50. The van der Waals surface area contributed by atoms with Gasteiger partial charge in [-0.15, -0.1) is 0 Å². The van der Waals surface area contributed by atoms with Crippen LogP contribution in [0.15, 0.2) is 30.5 Å². The lowest BCUT2D eigenvalue weighted by Crippen LogP contribution is -2.13. The molecule has 4 nitrogen and oxygen atoms in total. The zero-order valence-electron chi connectivity index (χ0n) is 10.7. The molecular formula is C14H15N3O. The summed E-state index contributed by atoms with van der Waals surface area (Å²) in [6.45, 7) is 5.73. The number of aromatic nitrogens is 2. The molecule has 18 heavy (non-hydrogen) atoms. The molecule has 92 valence electrons. The molecular weight excluding hydrogens is 226 g/mol. The third kappa shape index (κ3) is 2.91. The Morgan fingerprint density at radius 3 is 2.39 bits per heavy atom. The zero-order chi connectivity index (χ0) is 13.1. The Kier molecular flexibility index (Phi) is 3.37. The van der Waals surface area contributed by atoms with E-state index in [1.54, 1.807) is 19.2 Å². The van der Waals surface area contributed by atoms with Gasteiger partial charge in [-0.3, -0.25) is 4.79 Å². The number of hydrogen-bond acceptors (Lipinski definition) is 3. The molecule has 0 spiro atoms. The number of carbonyl (C=O) groups excluding carboxylic acids is 1. The van der Waals surface area contributed by atoms with Gasteiger partial charge in [0.25, 0.3) is 5.91 Å². The predicted octanol–water partition coefficient (Wildman–Crippen LogP) is 2.65. The molecule has 0 fully saturated rings. The van der Waals surface area contributed by atoms with Crippen LogP contribution in [-0.4, -0.2) is 15.9 Å². The average molecular weight is 241 g/mol. The molecule has 0 radical (unpaired) electrons. The molecule has 0 aliphatic rings. The summed E-state index contributed by atoms with van der Waals surface area (Å²) in [5.74, 6) is 1.000. The van der Waals surface area contributed by atoms with Crippen LogP contribution in [0.4, 0.5) is 5.82 Å². The highest BCUT2D eigenvalue weighted by molar-refractivity contribution is 6.03. The molecule has 0 saturated carbocycles. The van der Waals surface area contributed by atoms with Crippen molar-refractivity contribution in [3.8, 4) is 0 Å². The second-order valence-corrected chi connectivity index (χ2v) is 4.32. The summed E-state index contributed by atoms with van der Waals surface area (Å²) in [5.41, 5.74) is 2.78. The number of benzene rings is 1. The maximum Gasteiger partial charge on any atom is 0.256 e. The van der Waals surface area contributed by atoms with Crippen LogP contribution >= 0.6 is 0 Å². The van der Waals surface area contributed by atoms with Crippen LogP contribution in [0.3, 0.4) is 0 Å². The molecule has 0 bridgehead atoms. The van der Waals surface area contributed by atoms with E-state index in [0.717, 1.165) is 11.1 Å². The van der Waals surface area contributed by atoms with E-state index in [2.05, 4.69) is 15.3 Å². The largest absolute Gasteiger partial charge is 0.306 e. The monoisotopic (exact) mass is 241 g/mol. The predicted molar refractivity (Wildman–Crippen MR) is 70.6 cm³/mol. The highest BCUT2D eigenvalue weighted by atomic mass is 16.1. The van der Waals surface area contributed by atoms with E-state index in [1.807, 2.05) is 32.0 Å². The fourth-order valence-electron chi connectivity index (χ4n) is 1.82. The molecule has 2 rings (SSSR count). The fourth-order valence-corrected chi connectivity index (χ4v) is 1.82. The van der Waals surface area contributed by atoms with Crippen LogP contribution in [0.5, 0.6) is 0 Å². The summed E-state index contributed by atoms with van der Waals surface area (Å²) in [5, 5.41) is 2.76. The maximum absolute atomic E-state index is 12.1. The van der Waals surface area contributed by atoms with E-state index >= 15 is 0 Å². The molecule has 0 aliphatic carbocycles. The van der Waals surface area contributed by atoms with Crippen molar-refractivity contribution in [3.05, 3.63) is 53.0 Å². The Bertz CT molecular complexity index is 573. The second kappa shape index (κ2) is 4.96. The van der Waals surface area contributed by atoms with Crippen LogP contribution < -0.4 is 5.32 Å². The number of amides is 1. The van der Waals surface area contributed by atoms with Crippen LogP contribution in [0.25, 0.3) is 0 Å². The van der Waals surface area contributed by atoms with Gasteiger partial charge in [-0.1, -0.05) is 17.2 Å². The van der Waals surface area contributed by atoms with Gasteiger partial charge in [0.2, 0.25) is 0 Å². The normalized spacial score (nSPS) is 10.2. The number of carbonyl (C=O) groups is 1. The Balaban J connectivity index is 2.22. The average Bonchev–Trinajstić information content (AvgIpc) is 2.27. The van der Waals surface area contributed by atoms with E-state index in [-0.39, 0.29) is 5.91 Å². The van der Waals surface area contributed by atoms with E-state index in [0.29, 0.717) is 17.2 Å². The number of aryl methyl sites for hydroxylation is 3. The molecule has 4 heteroatoms. The van der Waals surface area contributed by atoms with Gasteiger partial charge in [0, 0.05) is 11.8 Å². The fraction of sp³-hybridized carbons (Fsp3) is 0.214. The smallest absolute Gasteiger partial charge is 0.256 e. The number of nitrogens with zero attached hydrogens (tertiary/aromatic N) is 2. The Hall–Kier alpha value is -2.23. The van der Waals surface area contributed by atoms with Crippen molar-refractivity contribution in [1.82, 2.24) is 9.97 Å². The minimum Gasteiger partial charge on any atom is -0.306 e. The quantitative estimate of drug-likeness (QED) is 0.879. The first-order valence-corrected chi connectivity index (χ1v) is 5.74. The van der Waals surface area contributed by atoms with Gasteiger partial charge in [0.1, 0.15) is 11.6 Å². The Morgan fingerprint density at radius 1 is 1.11 bits per heavy atom. The van der Waals surface area contributed by atoms with E-state index in [9.17, 15) is 4.79 Å². The van der Waals surface area contributed by atoms with Gasteiger partial charge >= 0.3 is 0 Å². The van der Waals surface area contributed by atoms with Gasteiger partial charge in [0.05, 0.1) is 0 Å². The molecule has 0 atom stereocenters. The number of nitrogens with one attached hydrogen (secondary N) is 1. The van der Waals surface area contributed by atoms with Gasteiger partial charge in [-0.25, -0.2) is 9.97 Å². The van der Waals surface area contributed by atoms with Gasteiger partial charge in [-0.05, 0) is 39.0 Å². The number of hydrogen-bond donors (Lipinski definition) is 1. The van der Waals surface area contributed by atoms with Crippen LogP contribution in [0.2, 0.25) is 0 Å². The van der Waals surface area contributed by atoms with Gasteiger partial charge in [0.15, 0.2) is 0 Å². The molecule has 1 heterocycles. The van der Waals surface area contributed by atoms with Crippen LogP contribution in [0.1, 0.15) is 27.3 Å². The topological polar surface area (TPSA) is 54.9 Å². The molecule has 2 aromatic rings. The van der Waals surface area contributed by atoms with Crippen molar-refractivity contribution in [3.63, 3.8) is 0 Å².